The van der Waals surface area contributed by atoms with E-state index in [9.17, 15) is 4.79 Å². The molecule has 0 saturated heterocycles. The molecule has 0 bridgehead atoms. The SMILES string of the molecule is O=C(Oc1ccc(Cl)cc1)c1cccc(Cl)c1. The summed E-state index contributed by atoms with van der Waals surface area (Å²) in [6.07, 6.45) is 0. The van der Waals surface area contributed by atoms with Crippen LogP contribution in [-0.2, 0) is 0 Å². The van der Waals surface area contributed by atoms with Crippen LogP contribution in [0, 0.1) is 0 Å². The van der Waals surface area contributed by atoms with Gasteiger partial charge < -0.3 is 4.74 Å². The lowest BCUT2D eigenvalue weighted by molar-refractivity contribution is 0.0735. The van der Waals surface area contributed by atoms with Gasteiger partial charge in [0.1, 0.15) is 5.75 Å². The van der Waals surface area contributed by atoms with Gasteiger partial charge in [-0.25, -0.2) is 4.79 Å². The minimum absolute atomic E-state index is 0.410. The molecule has 2 rings (SSSR count). The minimum atomic E-state index is -0.449. The molecule has 0 radical (unpaired) electrons. The van der Waals surface area contributed by atoms with Crippen molar-refractivity contribution in [2.45, 2.75) is 0 Å². The molecule has 2 aromatic carbocycles. The van der Waals surface area contributed by atoms with E-state index in [0.717, 1.165) is 0 Å². The predicted molar refractivity (Wildman–Crippen MR) is 67.9 cm³/mol. The number of carbonyl (C=O) groups excluding carboxylic acids is 1. The summed E-state index contributed by atoms with van der Waals surface area (Å²) in [4.78, 5) is 11.7. The third-order valence-electron chi connectivity index (χ3n) is 2.08. The number of ether oxygens (including phenoxy) is 1. The van der Waals surface area contributed by atoms with Crippen LogP contribution >= 0.6 is 23.2 Å². The Morgan fingerprint density at radius 1 is 0.941 bits per heavy atom. The van der Waals surface area contributed by atoms with Crippen molar-refractivity contribution in [3.8, 4) is 5.75 Å². The van der Waals surface area contributed by atoms with E-state index in [0.29, 0.717) is 21.4 Å². The average Bonchev–Trinajstić information content (AvgIpc) is 2.32. The molecule has 4 heteroatoms. The molecule has 0 heterocycles. The lowest BCUT2D eigenvalue weighted by Gasteiger charge is -2.04. The third kappa shape index (κ3) is 3.22. The second kappa shape index (κ2) is 5.21. The van der Waals surface area contributed by atoms with Crippen molar-refractivity contribution >= 4 is 29.2 Å². The average molecular weight is 267 g/mol. The number of benzene rings is 2. The predicted octanol–water partition coefficient (Wildman–Crippen LogP) is 4.21. The van der Waals surface area contributed by atoms with Gasteiger partial charge in [0.15, 0.2) is 0 Å². The molecule has 0 aromatic heterocycles. The molecular weight excluding hydrogens is 259 g/mol. The van der Waals surface area contributed by atoms with Gasteiger partial charge >= 0.3 is 5.97 Å². The molecule has 0 aliphatic rings. The van der Waals surface area contributed by atoms with E-state index >= 15 is 0 Å². The highest BCUT2D eigenvalue weighted by Crippen LogP contribution is 2.18. The number of hydrogen-bond acceptors (Lipinski definition) is 2. The summed E-state index contributed by atoms with van der Waals surface area (Å²) in [5, 5.41) is 1.09. The Morgan fingerprint density at radius 3 is 2.29 bits per heavy atom. The highest BCUT2D eigenvalue weighted by molar-refractivity contribution is 6.31. The highest BCUT2D eigenvalue weighted by atomic mass is 35.5. The van der Waals surface area contributed by atoms with Crippen LogP contribution in [-0.4, -0.2) is 5.97 Å². The third-order valence-corrected chi connectivity index (χ3v) is 2.57. The fourth-order valence-corrected chi connectivity index (χ4v) is 1.60. The molecular formula is C13H8Cl2O2. The monoisotopic (exact) mass is 266 g/mol. The van der Waals surface area contributed by atoms with Crippen LogP contribution in [0.4, 0.5) is 0 Å². The van der Waals surface area contributed by atoms with Gasteiger partial charge in [-0.05, 0) is 42.5 Å². The van der Waals surface area contributed by atoms with E-state index in [1.54, 1.807) is 48.5 Å². The van der Waals surface area contributed by atoms with E-state index in [2.05, 4.69) is 0 Å². The quantitative estimate of drug-likeness (QED) is 0.601. The van der Waals surface area contributed by atoms with Crippen LogP contribution < -0.4 is 4.74 Å². The molecule has 0 unspecified atom stereocenters. The van der Waals surface area contributed by atoms with Crippen LogP contribution in [0.15, 0.2) is 48.5 Å². The minimum Gasteiger partial charge on any atom is -0.423 e. The topological polar surface area (TPSA) is 26.3 Å². The van der Waals surface area contributed by atoms with Crippen LogP contribution in [0.1, 0.15) is 10.4 Å². The molecule has 2 nitrogen and oxygen atoms in total. The fourth-order valence-electron chi connectivity index (χ4n) is 1.28. The molecule has 0 N–H and O–H groups in total. The lowest BCUT2D eigenvalue weighted by atomic mass is 10.2. The molecule has 86 valence electrons. The molecule has 0 fully saturated rings. The van der Waals surface area contributed by atoms with Crippen molar-refractivity contribution in [1.29, 1.82) is 0 Å². The fraction of sp³-hybridized carbons (Fsp3) is 0. The molecule has 0 amide bonds. The van der Waals surface area contributed by atoms with Crippen LogP contribution in [0.25, 0.3) is 0 Å². The summed E-state index contributed by atoms with van der Waals surface area (Å²) < 4.78 is 5.15. The first-order valence-electron chi connectivity index (χ1n) is 4.88. The van der Waals surface area contributed by atoms with Gasteiger partial charge in [-0.2, -0.15) is 0 Å². The number of esters is 1. The molecule has 2 aromatic rings. The standard InChI is InChI=1S/C13H8Cl2O2/c14-10-4-6-12(7-5-10)17-13(16)9-2-1-3-11(15)8-9/h1-8H. The van der Waals surface area contributed by atoms with Crippen molar-refractivity contribution in [2.24, 2.45) is 0 Å². The van der Waals surface area contributed by atoms with E-state index in [1.807, 2.05) is 0 Å². The maximum Gasteiger partial charge on any atom is 0.343 e. The van der Waals surface area contributed by atoms with Gasteiger partial charge in [-0.3, -0.25) is 0 Å². The first-order valence-corrected chi connectivity index (χ1v) is 5.64. The smallest absolute Gasteiger partial charge is 0.343 e. The second-order valence-corrected chi connectivity index (χ2v) is 4.23. The van der Waals surface area contributed by atoms with Gasteiger partial charge in [0, 0.05) is 10.0 Å². The van der Waals surface area contributed by atoms with Gasteiger partial charge in [0.2, 0.25) is 0 Å². The second-order valence-electron chi connectivity index (χ2n) is 3.35. The Balaban J connectivity index is 2.14. The van der Waals surface area contributed by atoms with Gasteiger partial charge in [0.25, 0.3) is 0 Å². The number of rotatable bonds is 2. The van der Waals surface area contributed by atoms with Gasteiger partial charge in [-0.15, -0.1) is 0 Å². The first-order chi connectivity index (χ1) is 8.15. The molecule has 0 aliphatic heterocycles. The Bertz CT molecular complexity index is 535. The molecule has 0 atom stereocenters. The van der Waals surface area contributed by atoms with Gasteiger partial charge in [0.05, 0.1) is 5.56 Å². The summed E-state index contributed by atoms with van der Waals surface area (Å²) in [5.74, 6) is -0.00537. The Kier molecular flexibility index (Phi) is 3.67. The summed E-state index contributed by atoms with van der Waals surface area (Å²) in [6.45, 7) is 0. The first kappa shape index (κ1) is 12.0. The van der Waals surface area contributed by atoms with Crippen molar-refractivity contribution in [3.05, 3.63) is 64.1 Å². The van der Waals surface area contributed by atoms with Crippen molar-refractivity contribution in [2.75, 3.05) is 0 Å². The van der Waals surface area contributed by atoms with Crippen LogP contribution in [0.2, 0.25) is 10.0 Å². The Hall–Kier alpha value is -1.51. The summed E-state index contributed by atoms with van der Waals surface area (Å²) in [7, 11) is 0. The van der Waals surface area contributed by atoms with Crippen LogP contribution in [0.3, 0.4) is 0 Å². The molecule has 17 heavy (non-hydrogen) atoms. The molecule has 0 aliphatic carbocycles. The van der Waals surface area contributed by atoms with Crippen molar-refractivity contribution in [1.82, 2.24) is 0 Å². The van der Waals surface area contributed by atoms with Gasteiger partial charge in [-0.1, -0.05) is 29.3 Å². The van der Waals surface area contributed by atoms with E-state index in [-0.39, 0.29) is 0 Å². The molecule has 0 spiro atoms. The summed E-state index contributed by atoms with van der Waals surface area (Å²) in [5.41, 5.74) is 0.410. The maximum atomic E-state index is 11.7. The Labute approximate surface area is 109 Å². The normalized spacial score (nSPS) is 10.0. The number of hydrogen-bond donors (Lipinski definition) is 0. The highest BCUT2D eigenvalue weighted by Gasteiger charge is 2.08. The lowest BCUT2D eigenvalue weighted by Crippen LogP contribution is -2.08. The van der Waals surface area contributed by atoms with E-state index in [4.69, 9.17) is 27.9 Å². The zero-order valence-corrected chi connectivity index (χ0v) is 10.2. The van der Waals surface area contributed by atoms with Crippen molar-refractivity contribution < 1.29 is 9.53 Å². The summed E-state index contributed by atoms with van der Waals surface area (Å²) in [6, 6.07) is 13.2. The van der Waals surface area contributed by atoms with Crippen LogP contribution in [0.5, 0.6) is 5.75 Å². The largest absolute Gasteiger partial charge is 0.423 e. The Morgan fingerprint density at radius 2 is 1.65 bits per heavy atom. The van der Waals surface area contributed by atoms with Crippen molar-refractivity contribution in [3.63, 3.8) is 0 Å². The van der Waals surface area contributed by atoms with E-state index < -0.39 is 5.97 Å². The zero-order chi connectivity index (χ0) is 12.3. The number of carbonyl (C=O) groups is 1. The van der Waals surface area contributed by atoms with E-state index in [1.165, 1.54) is 0 Å². The summed E-state index contributed by atoms with van der Waals surface area (Å²) >= 11 is 11.5. The maximum absolute atomic E-state index is 11.7. The number of halogens is 2. The molecule has 0 saturated carbocycles. The zero-order valence-electron chi connectivity index (χ0n) is 8.69.